The van der Waals surface area contributed by atoms with Gasteiger partial charge >= 0.3 is 0 Å². The number of hydrogen-bond acceptors (Lipinski definition) is 7. The van der Waals surface area contributed by atoms with Crippen molar-refractivity contribution in [3.63, 3.8) is 0 Å². The molecule has 0 radical (unpaired) electrons. The van der Waals surface area contributed by atoms with Gasteiger partial charge < -0.3 is 15.6 Å². The first-order chi connectivity index (χ1) is 17.1. The Hall–Kier alpha value is -4.63. The van der Waals surface area contributed by atoms with E-state index in [2.05, 4.69) is 25.9 Å². The van der Waals surface area contributed by atoms with Gasteiger partial charge in [0.05, 0.1) is 28.2 Å². The Balaban J connectivity index is 0.00000267. The summed E-state index contributed by atoms with van der Waals surface area (Å²) in [4.78, 5) is 39.7. The number of rotatable bonds is 4. The van der Waals surface area contributed by atoms with Crippen LogP contribution < -0.4 is 16.2 Å². The Morgan fingerprint density at radius 3 is 2.75 bits per heavy atom. The van der Waals surface area contributed by atoms with Gasteiger partial charge in [0.25, 0.3) is 11.5 Å². The number of nitrogens with zero attached hydrogens (tertiary/aromatic N) is 7. The number of primary amides is 1. The van der Waals surface area contributed by atoms with E-state index in [0.717, 1.165) is 6.42 Å². The first kappa shape index (κ1) is 23.1. The lowest BCUT2D eigenvalue weighted by Gasteiger charge is -2.27. The lowest BCUT2D eigenvalue weighted by Crippen LogP contribution is -2.34. The zero-order chi connectivity index (χ0) is 24.1. The van der Waals surface area contributed by atoms with Crippen molar-refractivity contribution in [2.24, 2.45) is 5.73 Å². The highest BCUT2D eigenvalue weighted by molar-refractivity contribution is 7.59. The van der Waals surface area contributed by atoms with Crippen molar-refractivity contribution in [3.8, 4) is 11.8 Å². The summed E-state index contributed by atoms with van der Waals surface area (Å²) in [5.41, 5.74) is 7.01. The first-order valence-electron chi connectivity index (χ1n) is 11.1. The minimum absolute atomic E-state index is 0. The van der Waals surface area contributed by atoms with Crippen LogP contribution in [0.4, 0.5) is 5.82 Å². The van der Waals surface area contributed by atoms with Crippen LogP contribution in [0.3, 0.4) is 0 Å². The Kier molecular flexibility index (Phi) is 5.69. The maximum atomic E-state index is 13.8. The molecule has 0 bridgehead atoms. The number of aromatic nitrogens is 6. The van der Waals surface area contributed by atoms with E-state index in [-0.39, 0.29) is 36.2 Å². The number of carbonyl (C=O) groups excluding carboxylic acids is 1. The van der Waals surface area contributed by atoms with Gasteiger partial charge in [0.1, 0.15) is 29.4 Å². The molecule has 1 aliphatic heterocycles. The molecule has 1 atom stereocenters. The maximum Gasteiger partial charge on any atom is 0.283 e. The summed E-state index contributed by atoms with van der Waals surface area (Å²) in [6.45, 7) is 0.660. The number of carbonyl (C=O) groups is 1. The van der Waals surface area contributed by atoms with Crippen LogP contribution in [0, 0.1) is 11.3 Å². The number of benzene rings is 1. The molecule has 12 heteroatoms. The lowest BCUT2D eigenvalue weighted by molar-refractivity contribution is 0.100. The molecule has 0 spiro atoms. The van der Waals surface area contributed by atoms with E-state index in [1.807, 2.05) is 30.3 Å². The quantitative estimate of drug-likeness (QED) is 0.385. The Labute approximate surface area is 211 Å². The van der Waals surface area contributed by atoms with Crippen LogP contribution in [0.1, 0.15) is 40.6 Å². The molecule has 36 heavy (non-hydrogen) atoms. The van der Waals surface area contributed by atoms with Crippen LogP contribution in [0.2, 0.25) is 0 Å². The van der Waals surface area contributed by atoms with Crippen LogP contribution in [0.25, 0.3) is 22.2 Å². The van der Waals surface area contributed by atoms with Crippen LogP contribution in [-0.2, 0) is 0 Å². The van der Waals surface area contributed by atoms with Crippen LogP contribution in [0.5, 0.6) is 0 Å². The van der Waals surface area contributed by atoms with Gasteiger partial charge in [-0.25, -0.2) is 14.5 Å². The molecule has 0 unspecified atom stereocenters. The highest BCUT2D eigenvalue weighted by Gasteiger charge is 2.34. The molecule has 0 aliphatic carbocycles. The summed E-state index contributed by atoms with van der Waals surface area (Å²) in [5, 5.41) is 15.1. The number of aromatic amines is 1. The van der Waals surface area contributed by atoms with Crippen molar-refractivity contribution < 1.29 is 4.79 Å². The lowest BCUT2D eigenvalue weighted by atomic mass is 10.1. The zero-order valence-electron chi connectivity index (χ0n) is 18.9. The van der Waals surface area contributed by atoms with Gasteiger partial charge in [0, 0.05) is 18.9 Å². The smallest absolute Gasteiger partial charge is 0.283 e. The molecule has 3 N–H and O–H groups in total. The Morgan fingerprint density at radius 2 is 2.00 bits per heavy atom. The van der Waals surface area contributed by atoms with Crippen LogP contribution in [-0.4, -0.2) is 41.6 Å². The minimum Gasteiger partial charge on any atom is -0.366 e. The summed E-state index contributed by atoms with van der Waals surface area (Å²) in [5.74, 6) is 0.411. The van der Waals surface area contributed by atoms with Crippen LogP contribution in [0.15, 0.2) is 59.9 Å². The number of fused-ring (bicyclic) bond motifs is 2. The van der Waals surface area contributed by atoms with Gasteiger partial charge in [-0.05, 0) is 31.0 Å². The number of nitrogens with two attached hydrogens (primary N) is 1. The van der Waals surface area contributed by atoms with Crippen molar-refractivity contribution >= 4 is 41.8 Å². The molecule has 1 aromatic carbocycles. The zero-order valence-corrected chi connectivity index (χ0v) is 19.9. The molecule has 180 valence electrons. The summed E-state index contributed by atoms with van der Waals surface area (Å²) >= 11 is 0. The van der Waals surface area contributed by atoms with Gasteiger partial charge in [0.2, 0.25) is 0 Å². The third-order valence-electron chi connectivity index (χ3n) is 6.38. The average Bonchev–Trinajstić information content (AvgIpc) is 3.62. The van der Waals surface area contributed by atoms with Crippen molar-refractivity contribution in [2.45, 2.75) is 18.9 Å². The predicted molar refractivity (Wildman–Crippen MR) is 138 cm³/mol. The van der Waals surface area contributed by atoms with Gasteiger partial charge in [-0.3, -0.25) is 14.2 Å². The first-order valence-corrected chi connectivity index (χ1v) is 11.1. The Morgan fingerprint density at radius 1 is 1.19 bits per heavy atom. The van der Waals surface area contributed by atoms with Gasteiger partial charge in [0.15, 0.2) is 5.82 Å². The molecule has 1 saturated heterocycles. The molecule has 1 amide bonds. The predicted octanol–water partition coefficient (Wildman–Crippen LogP) is 2.18. The van der Waals surface area contributed by atoms with Crippen molar-refractivity contribution in [1.29, 1.82) is 5.26 Å². The SMILES string of the molecule is N#Cc1c[nH]c2ncnc(N3CCC[C@H]3c3nn4ccc(C(N)=O)c4c(=O)n3-c3ccccc3)c12.S. The van der Waals surface area contributed by atoms with E-state index in [9.17, 15) is 14.9 Å². The summed E-state index contributed by atoms with van der Waals surface area (Å²) in [7, 11) is 0. The summed E-state index contributed by atoms with van der Waals surface area (Å²) < 4.78 is 2.95. The molecular formula is C24H21N9O2S. The fourth-order valence-electron chi connectivity index (χ4n) is 4.87. The maximum absolute atomic E-state index is 13.8. The fraction of sp³-hybridized carbons (Fsp3) is 0.167. The second-order valence-corrected chi connectivity index (χ2v) is 8.31. The van der Waals surface area contributed by atoms with E-state index in [4.69, 9.17) is 10.8 Å². The summed E-state index contributed by atoms with van der Waals surface area (Å²) in [6, 6.07) is 12.6. The van der Waals surface area contributed by atoms with Crippen molar-refractivity contribution in [2.75, 3.05) is 11.4 Å². The molecule has 11 nitrogen and oxygen atoms in total. The molecule has 1 aliphatic rings. The van der Waals surface area contributed by atoms with E-state index in [1.165, 1.54) is 21.5 Å². The molecule has 4 aromatic heterocycles. The van der Waals surface area contributed by atoms with Gasteiger partial charge in [-0.2, -0.15) is 23.9 Å². The number of para-hydroxylation sites is 1. The average molecular weight is 500 g/mol. The number of hydrogen-bond donors (Lipinski definition) is 2. The molecule has 5 aromatic rings. The number of nitrogens with one attached hydrogen (secondary N) is 1. The number of H-pyrrole nitrogens is 1. The van der Waals surface area contributed by atoms with Gasteiger partial charge in [-0.15, -0.1) is 0 Å². The van der Waals surface area contributed by atoms with Crippen molar-refractivity contribution in [1.82, 2.24) is 29.1 Å². The summed E-state index contributed by atoms with van der Waals surface area (Å²) in [6.07, 6.45) is 6.19. The topological polar surface area (TPSA) is 151 Å². The molecule has 0 saturated carbocycles. The van der Waals surface area contributed by atoms with E-state index >= 15 is 0 Å². The van der Waals surface area contributed by atoms with Crippen molar-refractivity contribution in [3.05, 3.63) is 82.4 Å². The highest BCUT2D eigenvalue weighted by atomic mass is 32.1. The van der Waals surface area contributed by atoms with E-state index in [0.29, 0.717) is 46.9 Å². The van der Waals surface area contributed by atoms with Gasteiger partial charge in [-0.1, -0.05) is 18.2 Å². The third-order valence-corrected chi connectivity index (χ3v) is 6.38. The fourth-order valence-corrected chi connectivity index (χ4v) is 4.87. The largest absolute Gasteiger partial charge is 0.366 e. The molecular weight excluding hydrogens is 478 g/mol. The number of anilines is 1. The highest BCUT2D eigenvalue weighted by Crippen LogP contribution is 2.38. The number of nitriles is 1. The second-order valence-electron chi connectivity index (χ2n) is 8.31. The Bertz CT molecular complexity index is 1720. The normalized spacial score (nSPS) is 15.2. The third kappa shape index (κ3) is 3.40. The van der Waals surface area contributed by atoms with Crippen LogP contribution >= 0.6 is 13.5 Å². The standard InChI is InChI=1S/C24H19N9O2.H2S/c25-11-14-12-27-21-18(14)23(29-13-28-21)31-9-4-7-17(31)22-30-32-10-8-16(20(26)34)19(32)24(35)33(22)15-5-2-1-3-6-15;/h1-3,5-6,8,10,12-13,17H,4,7,9H2,(H2,26,34)(H,27,28,29);1H2/t17-;/m0./s1. The molecule has 1 fully saturated rings. The van der Waals surface area contributed by atoms with E-state index in [1.54, 1.807) is 12.4 Å². The van der Waals surface area contributed by atoms with E-state index < -0.39 is 5.91 Å². The molecule has 5 heterocycles. The monoisotopic (exact) mass is 499 g/mol. The minimum atomic E-state index is -0.693. The number of amides is 1. The second kappa shape index (κ2) is 8.86. The molecule has 6 rings (SSSR count).